The Kier molecular flexibility index (Phi) is 3.87. The molecule has 0 saturated heterocycles. The Morgan fingerprint density at radius 1 is 0.786 bits per heavy atom. The number of rotatable bonds is 3. The maximum atomic E-state index is 12.3. The third-order valence-corrected chi connectivity index (χ3v) is 4.68. The molecule has 0 aliphatic rings. The van der Waals surface area contributed by atoms with Gasteiger partial charge >= 0.3 is 0 Å². The number of carbonyl (C=O) groups excluding carboxylic acids is 1. The molecule has 5 aromatic rings. The Morgan fingerprint density at radius 2 is 1.57 bits per heavy atom. The van der Waals surface area contributed by atoms with Crippen molar-refractivity contribution in [1.82, 2.24) is 4.98 Å². The number of fused-ring (bicyclic) bond motifs is 2. The Labute approximate surface area is 161 Å². The molecular formula is C24H16N2O2. The van der Waals surface area contributed by atoms with Gasteiger partial charge in [-0.25, -0.2) is 4.98 Å². The smallest absolute Gasteiger partial charge is 0.255 e. The molecule has 1 heterocycles. The second kappa shape index (κ2) is 6.67. The molecule has 134 valence electrons. The molecule has 0 saturated carbocycles. The van der Waals surface area contributed by atoms with Gasteiger partial charge in [0.2, 0.25) is 5.89 Å². The molecule has 0 fully saturated rings. The molecule has 0 bridgehead atoms. The van der Waals surface area contributed by atoms with Gasteiger partial charge in [0.1, 0.15) is 5.52 Å². The third-order valence-electron chi connectivity index (χ3n) is 4.68. The molecule has 0 radical (unpaired) electrons. The van der Waals surface area contributed by atoms with Crippen molar-refractivity contribution in [3.8, 4) is 11.5 Å². The molecule has 0 atom stereocenters. The summed E-state index contributed by atoms with van der Waals surface area (Å²) in [6.45, 7) is 0. The topological polar surface area (TPSA) is 55.1 Å². The van der Waals surface area contributed by atoms with Crippen LogP contribution in [0.15, 0.2) is 95.4 Å². The summed E-state index contributed by atoms with van der Waals surface area (Å²) in [5.41, 5.74) is 3.60. The lowest BCUT2D eigenvalue weighted by Crippen LogP contribution is -2.11. The van der Waals surface area contributed by atoms with E-state index >= 15 is 0 Å². The third kappa shape index (κ3) is 3.01. The normalized spacial score (nSPS) is 11.0. The average Bonchev–Trinajstić information content (AvgIpc) is 3.17. The Balaban J connectivity index is 1.47. The van der Waals surface area contributed by atoms with E-state index in [1.54, 1.807) is 12.1 Å². The molecule has 0 spiro atoms. The van der Waals surface area contributed by atoms with Gasteiger partial charge in [0.15, 0.2) is 5.58 Å². The maximum absolute atomic E-state index is 12.3. The van der Waals surface area contributed by atoms with Crippen LogP contribution < -0.4 is 5.32 Å². The lowest BCUT2D eigenvalue weighted by Gasteiger charge is -2.04. The zero-order chi connectivity index (χ0) is 18.9. The van der Waals surface area contributed by atoms with Crippen LogP contribution in [0.5, 0.6) is 0 Å². The zero-order valence-corrected chi connectivity index (χ0v) is 14.9. The second-order valence-corrected chi connectivity index (χ2v) is 6.58. The van der Waals surface area contributed by atoms with Crippen LogP contribution in [0.25, 0.3) is 33.3 Å². The summed E-state index contributed by atoms with van der Waals surface area (Å²) in [4.78, 5) is 17.0. The van der Waals surface area contributed by atoms with Gasteiger partial charge in [-0.15, -0.1) is 0 Å². The fraction of sp³-hybridized carbons (Fsp3) is 0. The number of anilines is 1. The lowest BCUT2D eigenvalue weighted by atomic mass is 10.1. The number of oxazole rings is 1. The Hall–Kier alpha value is -3.92. The SMILES string of the molecule is O=C(Nc1ccc2oc(-c3ccc4ccccc4c3)nc2c1)c1ccccc1. The number of nitrogens with zero attached hydrogens (tertiary/aromatic N) is 1. The standard InChI is InChI=1S/C24H16N2O2/c27-23(17-7-2-1-3-8-17)25-20-12-13-22-21(15-20)26-24(28-22)19-11-10-16-6-4-5-9-18(16)14-19/h1-15H,(H,25,27). The number of hydrogen-bond acceptors (Lipinski definition) is 3. The number of carbonyl (C=O) groups is 1. The number of aromatic nitrogens is 1. The Bertz CT molecular complexity index is 1310. The first kappa shape index (κ1) is 16.3. The monoisotopic (exact) mass is 364 g/mol. The van der Waals surface area contributed by atoms with Crippen LogP contribution in [0.4, 0.5) is 5.69 Å². The number of nitrogens with one attached hydrogen (secondary N) is 1. The van der Waals surface area contributed by atoms with E-state index in [0.29, 0.717) is 28.2 Å². The molecule has 4 heteroatoms. The molecule has 1 N–H and O–H groups in total. The largest absolute Gasteiger partial charge is 0.436 e. The van der Waals surface area contributed by atoms with Crippen molar-refractivity contribution in [2.75, 3.05) is 5.32 Å². The highest BCUT2D eigenvalue weighted by Gasteiger charge is 2.11. The van der Waals surface area contributed by atoms with Gasteiger partial charge in [-0.2, -0.15) is 0 Å². The summed E-state index contributed by atoms with van der Waals surface area (Å²) in [6, 6.07) is 28.9. The van der Waals surface area contributed by atoms with Crippen LogP contribution in [-0.2, 0) is 0 Å². The summed E-state index contributed by atoms with van der Waals surface area (Å²) in [5, 5.41) is 5.21. The van der Waals surface area contributed by atoms with E-state index in [-0.39, 0.29) is 5.91 Å². The van der Waals surface area contributed by atoms with E-state index in [1.807, 2.05) is 54.6 Å². The molecule has 5 rings (SSSR count). The van der Waals surface area contributed by atoms with E-state index < -0.39 is 0 Å². The van der Waals surface area contributed by atoms with Crippen molar-refractivity contribution >= 4 is 33.5 Å². The van der Waals surface area contributed by atoms with E-state index in [2.05, 4.69) is 34.6 Å². The molecule has 0 unspecified atom stereocenters. The number of benzene rings is 4. The maximum Gasteiger partial charge on any atom is 0.255 e. The quantitative estimate of drug-likeness (QED) is 0.433. The predicted octanol–water partition coefficient (Wildman–Crippen LogP) is 5.90. The molecule has 0 aliphatic heterocycles. The van der Waals surface area contributed by atoms with Gasteiger partial charge in [0, 0.05) is 16.8 Å². The molecular weight excluding hydrogens is 348 g/mol. The van der Waals surface area contributed by atoms with Gasteiger partial charge in [-0.3, -0.25) is 4.79 Å². The minimum atomic E-state index is -0.154. The van der Waals surface area contributed by atoms with Crippen LogP contribution in [0.3, 0.4) is 0 Å². The van der Waals surface area contributed by atoms with E-state index in [0.717, 1.165) is 10.9 Å². The highest BCUT2D eigenvalue weighted by molar-refractivity contribution is 6.04. The molecule has 1 amide bonds. The van der Waals surface area contributed by atoms with Crippen LogP contribution in [0.2, 0.25) is 0 Å². The highest BCUT2D eigenvalue weighted by Crippen LogP contribution is 2.28. The van der Waals surface area contributed by atoms with E-state index in [9.17, 15) is 4.79 Å². The number of hydrogen-bond donors (Lipinski definition) is 1. The average molecular weight is 364 g/mol. The summed E-state index contributed by atoms with van der Waals surface area (Å²) in [7, 11) is 0. The van der Waals surface area contributed by atoms with Crippen LogP contribution in [0.1, 0.15) is 10.4 Å². The van der Waals surface area contributed by atoms with Gasteiger partial charge < -0.3 is 9.73 Å². The van der Waals surface area contributed by atoms with Crippen molar-refractivity contribution in [2.45, 2.75) is 0 Å². The van der Waals surface area contributed by atoms with E-state index in [1.165, 1.54) is 5.39 Å². The van der Waals surface area contributed by atoms with E-state index in [4.69, 9.17) is 4.42 Å². The fourth-order valence-corrected chi connectivity index (χ4v) is 3.24. The van der Waals surface area contributed by atoms with Crippen LogP contribution in [0, 0.1) is 0 Å². The fourth-order valence-electron chi connectivity index (χ4n) is 3.24. The highest BCUT2D eigenvalue weighted by atomic mass is 16.3. The first-order valence-electron chi connectivity index (χ1n) is 9.02. The van der Waals surface area contributed by atoms with Crippen molar-refractivity contribution in [2.24, 2.45) is 0 Å². The minimum Gasteiger partial charge on any atom is -0.436 e. The summed E-state index contributed by atoms with van der Waals surface area (Å²) in [5.74, 6) is 0.408. The van der Waals surface area contributed by atoms with Gasteiger partial charge in [0.05, 0.1) is 0 Å². The summed E-state index contributed by atoms with van der Waals surface area (Å²) >= 11 is 0. The molecule has 4 nitrogen and oxygen atoms in total. The first-order chi connectivity index (χ1) is 13.8. The molecule has 28 heavy (non-hydrogen) atoms. The van der Waals surface area contributed by atoms with Gasteiger partial charge in [-0.05, 0) is 53.2 Å². The zero-order valence-electron chi connectivity index (χ0n) is 14.9. The lowest BCUT2D eigenvalue weighted by molar-refractivity contribution is 0.102. The molecule has 1 aromatic heterocycles. The van der Waals surface area contributed by atoms with Crippen molar-refractivity contribution in [3.05, 3.63) is 96.6 Å². The van der Waals surface area contributed by atoms with Crippen LogP contribution >= 0.6 is 0 Å². The van der Waals surface area contributed by atoms with Gasteiger partial charge in [0.25, 0.3) is 5.91 Å². The summed E-state index contributed by atoms with van der Waals surface area (Å²) < 4.78 is 5.92. The van der Waals surface area contributed by atoms with Crippen LogP contribution in [-0.4, -0.2) is 10.9 Å². The summed E-state index contributed by atoms with van der Waals surface area (Å²) in [6.07, 6.45) is 0. The van der Waals surface area contributed by atoms with Crippen molar-refractivity contribution in [1.29, 1.82) is 0 Å². The number of amides is 1. The van der Waals surface area contributed by atoms with Crippen molar-refractivity contribution < 1.29 is 9.21 Å². The predicted molar refractivity (Wildman–Crippen MR) is 111 cm³/mol. The first-order valence-corrected chi connectivity index (χ1v) is 9.02. The van der Waals surface area contributed by atoms with Gasteiger partial charge in [-0.1, -0.05) is 48.5 Å². The van der Waals surface area contributed by atoms with Crippen molar-refractivity contribution in [3.63, 3.8) is 0 Å². The second-order valence-electron chi connectivity index (χ2n) is 6.58. The molecule has 4 aromatic carbocycles. The molecule has 0 aliphatic carbocycles. The Morgan fingerprint density at radius 3 is 2.43 bits per heavy atom. The minimum absolute atomic E-state index is 0.154.